The average Bonchev–Trinajstić information content (AvgIpc) is 2.80. The molecule has 7 nitrogen and oxygen atoms in total. The summed E-state index contributed by atoms with van der Waals surface area (Å²) in [6.07, 6.45) is 6.38. The van der Waals surface area contributed by atoms with Gasteiger partial charge < -0.3 is 20.3 Å². The zero-order valence-electron chi connectivity index (χ0n) is 23.3. The van der Waals surface area contributed by atoms with Gasteiger partial charge in [-0.1, -0.05) is 62.9 Å². The summed E-state index contributed by atoms with van der Waals surface area (Å²) in [6, 6.07) is 6.18. The van der Waals surface area contributed by atoms with Gasteiger partial charge in [-0.25, -0.2) is 4.79 Å². The van der Waals surface area contributed by atoms with Crippen LogP contribution in [0.5, 0.6) is 0 Å². The van der Waals surface area contributed by atoms with Crippen molar-refractivity contribution in [2.24, 2.45) is 0 Å². The third-order valence-electron chi connectivity index (χ3n) is 5.63. The van der Waals surface area contributed by atoms with Gasteiger partial charge in [0.2, 0.25) is 11.8 Å². The first-order valence-electron chi connectivity index (χ1n) is 13.2. The second-order valence-electron chi connectivity index (χ2n) is 10.2. The first-order chi connectivity index (χ1) is 17.0. The Balaban J connectivity index is 3.36. The van der Waals surface area contributed by atoms with Gasteiger partial charge in [0, 0.05) is 13.1 Å². The van der Waals surface area contributed by atoms with Gasteiger partial charge in [-0.05, 0) is 64.5 Å². The molecule has 0 aliphatic rings. The highest BCUT2D eigenvalue weighted by Gasteiger charge is 2.35. The normalized spacial score (nSPS) is 13.0. The summed E-state index contributed by atoms with van der Waals surface area (Å²) in [4.78, 5) is 41.8. The second-order valence-corrected chi connectivity index (χ2v) is 11.2. The van der Waals surface area contributed by atoms with Crippen molar-refractivity contribution in [2.45, 2.75) is 97.8 Å². The summed E-state index contributed by atoms with van der Waals surface area (Å²) in [6.45, 7) is 12.5. The van der Waals surface area contributed by atoms with Crippen molar-refractivity contribution in [3.05, 3.63) is 35.4 Å². The second kappa shape index (κ2) is 16.5. The number of aryl methyl sites for hydroxylation is 1. The third-order valence-corrected chi connectivity index (χ3v) is 6.28. The van der Waals surface area contributed by atoms with Crippen molar-refractivity contribution in [1.82, 2.24) is 15.5 Å². The smallest absolute Gasteiger partial charge is 0.408 e. The predicted octanol–water partition coefficient (Wildman–Crippen LogP) is 5.62. The highest BCUT2D eigenvalue weighted by Crippen LogP contribution is 2.25. The predicted molar refractivity (Wildman–Crippen MR) is 149 cm³/mol. The Hall–Kier alpha value is -2.22. The molecule has 0 heterocycles. The van der Waals surface area contributed by atoms with E-state index >= 15 is 0 Å². The molecule has 0 spiro atoms. The molecule has 2 atom stereocenters. The number of ether oxygens (including phenoxy) is 1. The van der Waals surface area contributed by atoms with Gasteiger partial charge in [0.1, 0.15) is 17.7 Å². The van der Waals surface area contributed by atoms with Crippen LogP contribution >= 0.6 is 11.8 Å². The average molecular weight is 522 g/mol. The van der Waals surface area contributed by atoms with Gasteiger partial charge in [0.15, 0.2) is 0 Å². The highest BCUT2D eigenvalue weighted by atomic mass is 32.2. The van der Waals surface area contributed by atoms with E-state index in [2.05, 4.69) is 24.5 Å². The standard InChI is InChI=1S/C28H47N3O4S/c1-8-10-12-17-29-25(32)24(22-15-13-14-21(3)20-22)31(18-11-9-2)26(33)23(16-19-36-7)30-27(34)35-28(4,5)6/h13-15,20,23-24H,8-12,16-19H2,1-7H3,(H,29,32)(H,30,34). The molecule has 8 heteroatoms. The van der Waals surface area contributed by atoms with Gasteiger partial charge in [0.25, 0.3) is 0 Å². The number of alkyl carbamates (subject to hydrolysis) is 1. The molecule has 204 valence electrons. The van der Waals surface area contributed by atoms with E-state index in [1.807, 2.05) is 37.4 Å². The van der Waals surface area contributed by atoms with E-state index in [0.29, 0.717) is 25.3 Å². The Morgan fingerprint density at radius 3 is 2.36 bits per heavy atom. The number of nitrogens with one attached hydrogen (secondary N) is 2. The lowest BCUT2D eigenvalue weighted by Crippen LogP contribution is -2.53. The zero-order valence-corrected chi connectivity index (χ0v) is 24.1. The lowest BCUT2D eigenvalue weighted by molar-refractivity contribution is -0.142. The number of benzene rings is 1. The summed E-state index contributed by atoms with van der Waals surface area (Å²) in [7, 11) is 0. The minimum absolute atomic E-state index is 0.193. The number of unbranched alkanes of at least 4 members (excludes halogenated alkanes) is 3. The minimum atomic E-state index is -0.788. The third kappa shape index (κ3) is 11.7. The lowest BCUT2D eigenvalue weighted by Gasteiger charge is -2.34. The molecule has 2 unspecified atom stereocenters. The summed E-state index contributed by atoms with van der Waals surface area (Å²) in [5.41, 5.74) is 1.11. The molecule has 2 N–H and O–H groups in total. The molecule has 0 saturated heterocycles. The first kappa shape index (κ1) is 31.8. The van der Waals surface area contributed by atoms with Crippen LogP contribution in [0.1, 0.15) is 90.3 Å². The molecule has 1 aromatic carbocycles. The molecule has 1 rings (SSSR count). The van der Waals surface area contributed by atoms with E-state index in [0.717, 1.165) is 43.2 Å². The molecule has 0 aliphatic heterocycles. The van der Waals surface area contributed by atoms with Crippen molar-refractivity contribution < 1.29 is 19.1 Å². The Kier molecular flexibility index (Phi) is 14.6. The number of carbonyl (C=O) groups excluding carboxylic acids is 3. The minimum Gasteiger partial charge on any atom is -0.444 e. The summed E-state index contributed by atoms with van der Waals surface area (Å²) in [5, 5.41) is 5.84. The summed E-state index contributed by atoms with van der Waals surface area (Å²) < 4.78 is 5.44. The molecule has 1 aromatic rings. The number of nitrogens with zero attached hydrogens (tertiary/aromatic N) is 1. The van der Waals surface area contributed by atoms with Crippen LogP contribution < -0.4 is 10.6 Å². The lowest BCUT2D eigenvalue weighted by atomic mass is 10.00. The van der Waals surface area contributed by atoms with Crippen LogP contribution in [0, 0.1) is 6.92 Å². The van der Waals surface area contributed by atoms with Gasteiger partial charge in [-0.3, -0.25) is 9.59 Å². The maximum Gasteiger partial charge on any atom is 0.408 e. The largest absolute Gasteiger partial charge is 0.444 e. The van der Waals surface area contributed by atoms with Crippen LogP contribution in [0.2, 0.25) is 0 Å². The molecule has 0 aromatic heterocycles. The monoisotopic (exact) mass is 521 g/mol. The van der Waals surface area contributed by atoms with Crippen LogP contribution in [0.15, 0.2) is 24.3 Å². The van der Waals surface area contributed by atoms with E-state index in [-0.39, 0.29) is 11.8 Å². The molecular formula is C28H47N3O4S. The van der Waals surface area contributed by atoms with Crippen LogP contribution in [0.3, 0.4) is 0 Å². The topological polar surface area (TPSA) is 87.7 Å². The fourth-order valence-corrected chi connectivity index (χ4v) is 4.31. The van der Waals surface area contributed by atoms with Crippen LogP contribution in [0.4, 0.5) is 4.79 Å². The number of rotatable bonds is 15. The fraction of sp³-hybridized carbons (Fsp3) is 0.679. The zero-order chi connectivity index (χ0) is 27.1. The van der Waals surface area contributed by atoms with Crippen molar-refractivity contribution >= 4 is 29.7 Å². The fourth-order valence-electron chi connectivity index (χ4n) is 3.83. The molecule has 36 heavy (non-hydrogen) atoms. The van der Waals surface area contributed by atoms with E-state index in [1.165, 1.54) is 0 Å². The van der Waals surface area contributed by atoms with E-state index in [1.54, 1.807) is 37.4 Å². The van der Waals surface area contributed by atoms with E-state index < -0.39 is 23.8 Å². The number of hydrogen-bond acceptors (Lipinski definition) is 5. The van der Waals surface area contributed by atoms with Gasteiger partial charge in [-0.15, -0.1) is 0 Å². The van der Waals surface area contributed by atoms with Crippen molar-refractivity contribution in [1.29, 1.82) is 0 Å². The van der Waals surface area contributed by atoms with Gasteiger partial charge in [0.05, 0.1) is 0 Å². The molecule has 3 amide bonds. The highest BCUT2D eigenvalue weighted by molar-refractivity contribution is 7.98. The maximum atomic E-state index is 14.0. The Labute approximate surface area is 222 Å². The van der Waals surface area contributed by atoms with E-state index in [9.17, 15) is 14.4 Å². The molecule has 0 saturated carbocycles. The Morgan fingerprint density at radius 2 is 1.78 bits per heavy atom. The Bertz CT molecular complexity index is 825. The number of thioether (sulfide) groups is 1. The Morgan fingerprint density at radius 1 is 1.08 bits per heavy atom. The van der Waals surface area contributed by atoms with Crippen LogP contribution in [-0.2, 0) is 14.3 Å². The quantitative estimate of drug-likeness (QED) is 0.293. The molecule has 0 radical (unpaired) electrons. The van der Waals surface area contributed by atoms with E-state index in [4.69, 9.17) is 4.74 Å². The first-order valence-corrected chi connectivity index (χ1v) is 14.6. The number of hydrogen-bond donors (Lipinski definition) is 2. The van der Waals surface area contributed by atoms with Crippen molar-refractivity contribution in [2.75, 3.05) is 25.1 Å². The molecular weight excluding hydrogens is 474 g/mol. The van der Waals surface area contributed by atoms with Gasteiger partial charge in [-0.2, -0.15) is 11.8 Å². The number of amides is 3. The molecule has 0 bridgehead atoms. The summed E-state index contributed by atoms with van der Waals surface area (Å²) >= 11 is 1.60. The van der Waals surface area contributed by atoms with Gasteiger partial charge >= 0.3 is 6.09 Å². The summed E-state index contributed by atoms with van der Waals surface area (Å²) in [5.74, 6) is 0.229. The SMILES string of the molecule is CCCCCNC(=O)C(c1cccc(C)c1)N(CCCC)C(=O)C(CCSC)NC(=O)OC(C)(C)C. The molecule has 0 aliphatic carbocycles. The maximum absolute atomic E-state index is 14.0. The number of carbonyl (C=O) groups is 3. The van der Waals surface area contributed by atoms with Crippen molar-refractivity contribution in [3.63, 3.8) is 0 Å². The molecule has 0 fully saturated rings. The van der Waals surface area contributed by atoms with Crippen molar-refractivity contribution in [3.8, 4) is 0 Å². The van der Waals surface area contributed by atoms with Crippen LogP contribution in [0.25, 0.3) is 0 Å². The van der Waals surface area contributed by atoms with Crippen LogP contribution in [-0.4, -0.2) is 59.5 Å².